The highest BCUT2D eigenvalue weighted by molar-refractivity contribution is 6.28. The maximum atomic E-state index is 12.1. The number of nitrogens with zero attached hydrogens (tertiary/aromatic N) is 3. The molecule has 0 aromatic carbocycles. The van der Waals surface area contributed by atoms with Gasteiger partial charge in [-0.25, -0.2) is 9.97 Å². The van der Waals surface area contributed by atoms with Crippen molar-refractivity contribution in [3.8, 4) is 0 Å². The Morgan fingerprint density at radius 2 is 2.19 bits per heavy atom. The van der Waals surface area contributed by atoms with E-state index in [1.807, 2.05) is 7.05 Å². The lowest BCUT2D eigenvalue weighted by Crippen LogP contribution is -2.35. The summed E-state index contributed by atoms with van der Waals surface area (Å²) < 4.78 is 0. The van der Waals surface area contributed by atoms with Crippen LogP contribution in [0.25, 0.3) is 0 Å². The van der Waals surface area contributed by atoms with Gasteiger partial charge in [-0.3, -0.25) is 4.79 Å². The Morgan fingerprint density at radius 3 is 2.81 bits per heavy atom. The molecule has 1 fully saturated rings. The molecule has 5 heteroatoms. The normalized spacial score (nSPS) is 16.4. The molecule has 16 heavy (non-hydrogen) atoms. The Morgan fingerprint density at radius 1 is 1.50 bits per heavy atom. The van der Waals surface area contributed by atoms with E-state index in [1.54, 1.807) is 11.0 Å². The fourth-order valence-corrected chi connectivity index (χ4v) is 2.24. The maximum absolute atomic E-state index is 12.1. The topological polar surface area (TPSA) is 46.1 Å². The van der Waals surface area contributed by atoms with Crippen molar-refractivity contribution in [2.24, 2.45) is 0 Å². The van der Waals surface area contributed by atoms with Gasteiger partial charge in [-0.15, -0.1) is 0 Å². The molecule has 86 valence electrons. The van der Waals surface area contributed by atoms with Crippen molar-refractivity contribution < 1.29 is 4.79 Å². The summed E-state index contributed by atoms with van der Waals surface area (Å²) in [6, 6.07) is 1.95. The molecular formula is C11H14ClN3O. The molecule has 1 amide bonds. The summed E-state index contributed by atoms with van der Waals surface area (Å²) in [5.41, 5.74) is 0.370. The van der Waals surface area contributed by atoms with Gasteiger partial charge in [0.05, 0.1) is 0 Å². The maximum Gasteiger partial charge on any atom is 0.272 e. The third kappa shape index (κ3) is 2.32. The second-order valence-corrected chi connectivity index (χ2v) is 4.40. The fraction of sp³-hybridized carbons (Fsp3) is 0.545. The number of rotatable bonds is 2. The van der Waals surface area contributed by atoms with Crippen molar-refractivity contribution in [2.45, 2.75) is 31.7 Å². The highest BCUT2D eigenvalue weighted by Crippen LogP contribution is 2.23. The van der Waals surface area contributed by atoms with Crippen molar-refractivity contribution in [2.75, 3.05) is 7.05 Å². The van der Waals surface area contributed by atoms with Crippen LogP contribution >= 0.6 is 11.6 Å². The van der Waals surface area contributed by atoms with Gasteiger partial charge in [-0.2, -0.15) is 0 Å². The SMILES string of the molecule is CN(C(=O)c1ccnc(Cl)n1)C1CCCC1. The first kappa shape index (κ1) is 11.3. The average molecular weight is 240 g/mol. The Balaban J connectivity index is 2.12. The molecule has 1 aliphatic rings. The highest BCUT2D eigenvalue weighted by Gasteiger charge is 2.24. The highest BCUT2D eigenvalue weighted by atomic mass is 35.5. The molecule has 0 spiro atoms. The summed E-state index contributed by atoms with van der Waals surface area (Å²) in [5, 5.41) is 0.116. The zero-order valence-electron chi connectivity index (χ0n) is 9.19. The van der Waals surface area contributed by atoms with E-state index in [0.717, 1.165) is 12.8 Å². The van der Waals surface area contributed by atoms with Gasteiger partial charge in [-0.05, 0) is 30.5 Å². The molecule has 0 radical (unpaired) electrons. The molecular weight excluding hydrogens is 226 g/mol. The Hall–Kier alpha value is -1.16. The molecule has 1 aromatic rings. The molecule has 1 saturated carbocycles. The summed E-state index contributed by atoms with van der Waals surface area (Å²) >= 11 is 5.66. The summed E-state index contributed by atoms with van der Waals surface area (Å²) in [4.78, 5) is 21.5. The number of carbonyl (C=O) groups excluding carboxylic acids is 1. The van der Waals surface area contributed by atoms with Gasteiger partial charge in [-0.1, -0.05) is 12.8 Å². The lowest BCUT2D eigenvalue weighted by atomic mass is 10.2. The van der Waals surface area contributed by atoms with Crippen LogP contribution in [0.5, 0.6) is 0 Å². The lowest BCUT2D eigenvalue weighted by molar-refractivity contribution is 0.0729. The van der Waals surface area contributed by atoms with Gasteiger partial charge < -0.3 is 4.90 Å². The lowest BCUT2D eigenvalue weighted by Gasteiger charge is -2.23. The van der Waals surface area contributed by atoms with Gasteiger partial charge in [0.1, 0.15) is 5.69 Å². The minimum atomic E-state index is -0.0730. The standard InChI is InChI=1S/C11H14ClN3O/c1-15(8-4-2-3-5-8)10(16)9-6-7-13-11(12)14-9/h6-8H,2-5H2,1H3. The number of hydrogen-bond donors (Lipinski definition) is 0. The van der Waals surface area contributed by atoms with Crippen molar-refractivity contribution >= 4 is 17.5 Å². The molecule has 0 unspecified atom stereocenters. The van der Waals surface area contributed by atoms with Crippen LogP contribution in [0.15, 0.2) is 12.3 Å². The summed E-state index contributed by atoms with van der Waals surface area (Å²) in [6.45, 7) is 0. The van der Waals surface area contributed by atoms with Gasteiger partial charge in [0, 0.05) is 19.3 Å². The van der Waals surface area contributed by atoms with E-state index in [4.69, 9.17) is 11.6 Å². The van der Waals surface area contributed by atoms with Gasteiger partial charge >= 0.3 is 0 Å². The van der Waals surface area contributed by atoms with E-state index in [9.17, 15) is 4.79 Å². The molecule has 0 saturated heterocycles. The average Bonchev–Trinajstić information content (AvgIpc) is 2.80. The van der Waals surface area contributed by atoms with Crippen LogP contribution in [0.3, 0.4) is 0 Å². The van der Waals surface area contributed by atoms with Crippen molar-refractivity contribution in [3.05, 3.63) is 23.2 Å². The van der Waals surface area contributed by atoms with Crippen LogP contribution in [-0.4, -0.2) is 33.9 Å². The first-order valence-corrected chi connectivity index (χ1v) is 5.82. The smallest absolute Gasteiger partial charge is 0.272 e. The number of amides is 1. The van der Waals surface area contributed by atoms with Gasteiger partial charge in [0.15, 0.2) is 0 Å². The van der Waals surface area contributed by atoms with E-state index >= 15 is 0 Å². The Bertz CT molecular complexity index is 391. The quantitative estimate of drug-likeness (QED) is 0.743. The van der Waals surface area contributed by atoms with Crippen LogP contribution in [0.4, 0.5) is 0 Å². The fourth-order valence-electron chi connectivity index (χ4n) is 2.09. The van der Waals surface area contributed by atoms with Crippen LogP contribution in [0.1, 0.15) is 36.2 Å². The molecule has 0 atom stereocenters. The Labute approximate surface area is 99.6 Å². The molecule has 1 aromatic heterocycles. The van der Waals surface area contributed by atoms with Crippen molar-refractivity contribution in [3.63, 3.8) is 0 Å². The number of halogens is 1. The molecule has 1 heterocycles. The van der Waals surface area contributed by atoms with Crippen LogP contribution in [0, 0.1) is 0 Å². The minimum absolute atomic E-state index is 0.0730. The van der Waals surface area contributed by atoms with Crippen LogP contribution < -0.4 is 0 Å². The number of hydrogen-bond acceptors (Lipinski definition) is 3. The molecule has 0 aliphatic heterocycles. The zero-order valence-corrected chi connectivity index (χ0v) is 9.94. The van der Waals surface area contributed by atoms with E-state index in [0.29, 0.717) is 11.7 Å². The largest absolute Gasteiger partial charge is 0.337 e. The summed E-state index contributed by atoms with van der Waals surface area (Å²) in [5.74, 6) is -0.0730. The Kier molecular flexibility index (Phi) is 3.39. The summed E-state index contributed by atoms with van der Waals surface area (Å²) in [7, 11) is 1.83. The molecule has 4 nitrogen and oxygen atoms in total. The predicted octanol–water partition coefficient (Wildman–Crippen LogP) is 2.14. The monoisotopic (exact) mass is 239 g/mol. The third-order valence-electron chi connectivity index (χ3n) is 3.04. The zero-order chi connectivity index (χ0) is 11.5. The minimum Gasteiger partial charge on any atom is -0.337 e. The molecule has 0 bridgehead atoms. The third-order valence-corrected chi connectivity index (χ3v) is 3.22. The second-order valence-electron chi connectivity index (χ2n) is 4.07. The summed E-state index contributed by atoms with van der Waals surface area (Å²) in [6.07, 6.45) is 6.08. The second kappa shape index (κ2) is 4.78. The van der Waals surface area contributed by atoms with Crippen LogP contribution in [-0.2, 0) is 0 Å². The molecule has 2 rings (SSSR count). The number of aromatic nitrogens is 2. The van der Waals surface area contributed by atoms with Crippen molar-refractivity contribution in [1.29, 1.82) is 0 Å². The van der Waals surface area contributed by atoms with E-state index in [1.165, 1.54) is 19.0 Å². The molecule has 1 aliphatic carbocycles. The predicted molar refractivity (Wildman–Crippen MR) is 61.4 cm³/mol. The first-order chi connectivity index (χ1) is 7.68. The molecule has 0 N–H and O–H groups in total. The van der Waals surface area contributed by atoms with Crippen molar-refractivity contribution in [1.82, 2.24) is 14.9 Å². The van der Waals surface area contributed by atoms with E-state index in [-0.39, 0.29) is 11.2 Å². The van der Waals surface area contributed by atoms with Crippen LogP contribution in [0.2, 0.25) is 5.28 Å². The van der Waals surface area contributed by atoms with Gasteiger partial charge in [0.25, 0.3) is 5.91 Å². The van der Waals surface area contributed by atoms with Gasteiger partial charge in [0.2, 0.25) is 5.28 Å². The first-order valence-electron chi connectivity index (χ1n) is 5.44. The number of carbonyl (C=O) groups is 1. The van der Waals surface area contributed by atoms with E-state index < -0.39 is 0 Å². The van der Waals surface area contributed by atoms with E-state index in [2.05, 4.69) is 9.97 Å².